The Labute approximate surface area is 84.5 Å². The summed E-state index contributed by atoms with van der Waals surface area (Å²) in [6.45, 7) is 0. The summed E-state index contributed by atoms with van der Waals surface area (Å²) >= 11 is 0. The first kappa shape index (κ1) is 8.88. The van der Waals surface area contributed by atoms with Crippen LogP contribution in [0.3, 0.4) is 0 Å². The summed E-state index contributed by atoms with van der Waals surface area (Å²) in [5, 5.41) is 0. The van der Waals surface area contributed by atoms with E-state index in [4.69, 9.17) is 0 Å². The molecule has 0 aliphatic carbocycles. The van der Waals surface area contributed by atoms with Gasteiger partial charge >= 0.3 is 83.9 Å². The molecule has 0 heterocycles. The fourth-order valence-electron chi connectivity index (χ4n) is 1.39. The van der Waals surface area contributed by atoms with Crippen LogP contribution in [0.15, 0.2) is 59.5 Å². The van der Waals surface area contributed by atoms with Gasteiger partial charge in [0.05, 0.1) is 0 Å². The third-order valence-corrected chi connectivity index (χ3v) is 2.16. The number of rotatable bonds is 2. The van der Waals surface area contributed by atoms with Gasteiger partial charge < -0.3 is 0 Å². The van der Waals surface area contributed by atoms with Crippen LogP contribution in [0.5, 0.6) is 0 Å². The van der Waals surface area contributed by atoms with Crippen molar-refractivity contribution >= 4 is 13.3 Å². The molecule has 0 N–H and O–H groups in total. The fraction of sp³-hybridized carbons (Fsp3) is 0. The van der Waals surface area contributed by atoms with Crippen LogP contribution >= 0.6 is 0 Å². The molecule has 0 unspecified atom stereocenters. The molecular formula is C12H10BN. The molecule has 0 aliphatic rings. The second-order valence-corrected chi connectivity index (χ2v) is 3.07. The summed E-state index contributed by atoms with van der Waals surface area (Å²) in [5.74, 6) is 0. The molecule has 0 aliphatic heterocycles. The summed E-state index contributed by atoms with van der Waals surface area (Å²) in [4.78, 5) is 3.86. The number of hydrogen-bond acceptors (Lipinski definition) is 1. The van der Waals surface area contributed by atoms with Gasteiger partial charge in [0.1, 0.15) is 0 Å². The van der Waals surface area contributed by atoms with Crippen molar-refractivity contribution in [1.29, 1.82) is 0 Å². The van der Waals surface area contributed by atoms with E-state index in [2.05, 4.69) is 36.8 Å². The maximum absolute atomic E-state index is 3.86. The van der Waals surface area contributed by atoms with Crippen molar-refractivity contribution in [2.24, 2.45) is 4.90 Å². The van der Waals surface area contributed by atoms with Gasteiger partial charge in [-0.15, -0.1) is 0 Å². The van der Waals surface area contributed by atoms with E-state index in [9.17, 15) is 0 Å². The molecule has 0 saturated carbocycles. The fourth-order valence-corrected chi connectivity index (χ4v) is 1.39. The molecule has 0 bridgehead atoms. The third-order valence-electron chi connectivity index (χ3n) is 2.16. The first-order chi connectivity index (χ1) is 6.90. The van der Waals surface area contributed by atoms with Crippen molar-refractivity contribution in [2.45, 2.75) is 0 Å². The van der Waals surface area contributed by atoms with Crippen molar-refractivity contribution in [3.63, 3.8) is 0 Å². The third kappa shape index (κ3) is 1.79. The van der Waals surface area contributed by atoms with Gasteiger partial charge in [0.15, 0.2) is 0 Å². The Balaban J connectivity index is 2.39. The van der Waals surface area contributed by atoms with Crippen molar-refractivity contribution in [2.75, 3.05) is 0 Å². The maximum atomic E-state index is 3.86. The molecule has 2 aromatic rings. The van der Waals surface area contributed by atoms with Gasteiger partial charge in [0.2, 0.25) is 0 Å². The van der Waals surface area contributed by atoms with Crippen LogP contribution in [0.25, 0.3) is 11.1 Å². The van der Waals surface area contributed by atoms with Crippen molar-refractivity contribution < 1.29 is 0 Å². The molecule has 2 rings (SSSR count). The summed E-state index contributed by atoms with van der Waals surface area (Å²) in [5.41, 5.74) is 3.34. The van der Waals surface area contributed by atoms with Crippen LogP contribution < -0.4 is 0 Å². The molecule has 0 aromatic heterocycles. The van der Waals surface area contributed by atoms with E-state index >= 15 is 0 Å². The summed E-state index contributed by atoms with van der Waals surface area (Å²) in [6.07, 6.45) is 0. The topological polar surface area (TPSA) is 12.4 Å². The van der Waals surface area contributed by atoms with Gasteiger partial charge in [-0.25, -0.2) is 0 Å². The van der Waals surface area contributed by atoms with E-state index in [1.807, 2.05) is 30.3 Å². The Bertz CT molecular complexity index is 420. The minimum atomic E-state index is 0.907. The second-order valence-electron chi connectivity index (χ2n) is 3.07. The van der Waals surface area contributed by atoms with E-state index in [0.717, 1.165) is 5.69 Å². The molecule has 0 radical (unpaired) electrons. The number of nitrogens with zero attached hydrogens (tertiary/aromatic N) is 1. The molecular weight excluding hydrogens is 169 g/mol. The SMILES string of the molecule is B=Nc1ccc(-c2ccccc2)cc1. The first-order valence-electron chi connectivity index (χ1n) is 4.52. The Hall–Kier alpha value is -1.70. The predicted octanol–water partition coefficient (Wildman–Crippen LogP) is 3.07. The molecule has 0 saturated heterocycles. The zero-order chi connectivity index (χ0) is 9.80. The van der Waals surface area contributed by atoms with Gasteiger partial charge in [0, 0.05) is 0 Å². The second kappa shape index (κ2) is 4.01. The van der Waals surface area contributed by atoms with Crippen LogP contribution in [0.4, 0.5) is 5.69 Å². The molecule has 66 valence electrons. The molecule has 0 spiro atoms. The summed E-state index contributed by atoms with van der Waals surface area (Å²) < 4.78 is 0. The van der Waals surface area contributed by atoms with E-state index in [1.165, 1.54) is 11.1 Å². The van der Waals surface area contributed by atoms with E-state index in [-0.39, 0.29) is 0 Å². The van der Waals surface area contributed by atoms with Crippen LogP contribution in [-0.4, -0.2) is 7.64 Å². The first-order valence-corrected chi connectivity index (χ1v) is 4.52. The number of hydrogen-bond donors (Lipinski definition) is 0. The molecule has 2 aromatic carbocycles. The molecule has 0 amide bonds. The zero-order valence-electron chi connectivity index (χ0n) is 7.85. The summed E-state index contributed by atoms with van der Waals surface area (Å²) in [7, 11) is 3.48. The van der Waals surface area contributed by atoms with Crippen LogP contribution in [0.1, 0.15) is 0 Å². The Morgan fingerprint density at radius 2 is 1.29 bits per heavy atom. The average Bonchev–Trinajstić information content (AvgIpc) is 2.30. The van der Waals surface area contributed by atoms with Gasteiger partial charge in [-0.2, -0.15) is 0 Å². The Morgan fingerprint density at radius 3 is 1.86 bits per heavy atom. The van der Waals surface area contributed by atoms with E-state index < -0.39 is 0 Å². The van der Waals surface area contributed by atoms with Gasteiger partial charge in [-0.1, -0.05) is 0 Å². The standard InChI is InChI=1S/C12H10BN/c13-14-12-8-6-11(7-9-12)10-4-2-1-3-5-10/h1-9,13H. The van der Waals surface area contributed by atoms with Gasteiger partial charge in [-0.3, -0.25) is 0 Å². The Morgan fingerprint density at radius 1 is 0.714 bits per heavy atom. The quantitative estimate of drug-likeness (QED) is 0.628. The predicted molar refractivity (Wildman–Crippen MR) is 61.1 cm³/mol. The van der Waals surface area contributed by atoms with Crippen molar-refractivity contribution in [3.8, 4) is 11.1 Å². The molecule has 14 heavy (non-hydrogen) atoms. The average molecular weight is 179 g/mol. The van der Waals surface area contributed by atoms with Gasteiger partial charge in [0.25, 0.3) is 0 Å². The van der Waals surface area contributed by atoms with Crippen LogP contribution in [0.2, 0.25) is 0 Å². The van der Waals surface area contributed by atoms with E-state index in [1.54, 1.807) is 0 Å². The molecule has 1 nitrogen and oxygen atoms in total. The van der Waals surface area contributed by atoms with E-state index in [0.29, 0.717) is 0 Å². The van der Waals surface area contributed by atoms with Crippen molar-refractivity contribution in [1.82, 2.24) is 0 Å². The van der Waals surface area contributed by atoms with Crippen molar-refractivity contribution in [3.05, 3.63) is 54.6 Å². The summed E-state index contributed by atoms with van der Waals surface area (Å²) in [6, 6.07) is 18.3. The number of benzene rings is 2. The molecule has 0 fully saturated rings. The zero-order valence-corrected chi connectivity index (χ0v) is 7.85. The normalized spacial score (nSPS) is 9.64. The molecule has 0 atom stereocenters. The Kier molecular flexibility index (Phi) is 2.54. The van der Waals surface area contributed by atoms with Crippen LogP contribution in [0, 0.1) is 0 Å². The minimum absolute atomic E-state index is 0.907. The monoisotopic (exact) mass is 179 g/mol. The van der Waals surface area contributed by atoms with Gasteiger partial charge in [-0.05, 0) is 0 Å². The molecule has 2 heteroatoms. The van der Waals surface area contributed by atoms with Crippen LogP contribution in [-0.2, 0) is 0 Å².